The minimum Gasteiger partial charge on any atom is -0.354 e. The summed E-state index contributed by atoms with van der Waals surface area (Å²) in [6.45, 7) is 15.0. The van der Waals surface area contributed by atoms with E-state index in [2.05, 4.69) is 32.2 Å². The van der Waals surface area contributed by atoms with Crippen LogP contribution in [0.4, 0.5) is 0 Å². The maximum Gasteiger partial charge on any atom is 0.278 e. The zero-order valence-corrected chi connectivity index (χ0v) is 22.0. The Bertz CT molecular complexity index is 1230. The molecule has 1 saturated heterocycles. The Balaban J connectivity index is 1.43. The quantitative estimate of drug-likeness (QED) is 0.437. The largest absolute Gasteiger partial charge is 0.354 e. The third-order valence-corrected chi connectivity index (χ3v) is 7.08. The average molecular weight is 494 g/mol. The lowest BCUT2D eigenvalue weighted by Gasteiger charge is -2.34. The van der Waals surface area contributed by atoms with E-state index in [-0.39, 0.29) is 11.5 Å². The lowest BCUT2D eigenvalue weighted by Crippen LogP contribution is -2.47. The predicted octanol–water partition coefficient (Wildman–Crippen LogP) is 2.68. The SMILES string of the molecule is CCCN1CCN(CCCNC(=O)C(CC)n2nc(C)c3nn(-c4ccccc4)c(C)c3c2=O)CC1. The molecule has 0 radical (unpaired) electrons. The fourth-order valence-electron chi connectivity index (χ4n) is 5.07. The topological polar surface area (TPSA) is 88.3 Å². The molecule has 1 fully saturated rings. The molecule has 9 heteroatoms. The predicted molar refractivity (Wildman–Crippen MR) is 143 cm³/mol. The van der Waals surface area contributed by atoms with Crippen LogP contribution in [0.2, 0.25) is 0 Å². The second-order valence-corrected chi connectivity index (χ2v) is 9.64. The number of amides is 1. The number of nitrogens with one attached hydrogen (secondary N) is 1. The molecule has 0 spiro atoms. The lowest BCUT2D eigenvalue weighted by atomic mass is 10.2. The van der Waals surface area contributed by atoms with Crippen LogP contribution in [0.25, 0.3) is 16.6 Å². The third kappa shape index (κ3) is 5.52. The highest BCUT2D eigenvalue weighted by atomic mass is 16.2. The smallest absolute Gasteiger partial charge is 0.278 e. The first-order valence-corrected chi connectivity index (χ1v) is 13.2. The van der Waals surface area contributed by atoms with E-state index in [0.29, 0.717) is 29.6 Å². The molecule has 0 saturated carbocycles. The molecule has 1 atom stereocenters. The summed E-state index contributed by atoms with van der Waals surface area (Å²) in [4.78, 5) is 31.6. The summed E-state index contributed by atoms with van der Waals surface area (Å²) >= 11 is 0. The standard InChI is InChI=1S/C27H39N7O2/c1-5-14-31-16-18-32(19-17-31)15-10-13-28-26(35)23(6-2)34-27(36)24-21(4)33(22-11-8-7-9-12-22)30-25(24)20(3)29-34/h7-9,11-12,23H,5-6,10,13-19H2,1-4H3,(H,28,35). The second-order valence-electron chi connectivity index (χ2n) is 9.64. The zero-order chi connectivity index (χ0) is 25.7. The van der Waals surface area contributed by atoms with Crippen molar-refractivity contribution in [3.63, 3.8) is 0 Å². The van der Waals surface area contributed by atoms with E-state index >= 15 is 0 Å². The summed E-state index contributed by atoms with van der Waals surface area (Å²) in [5, 5.41) is 12.7. The molecule has 194 valence electrons. The molecule has 1 aliphatic rings. The van der Waals surface area contributed by atoms with Gasteiger partial charge in [-0.05, 0) is 58.3 Å². The van der Waals surface area contributed by atoms with E-state index in [1.54, 1.807) is 4.68 Å². The van der Waals surface area contributed by atoms with Crippen LogP contribution in [0, 0.1) is 13.8 Å². The summed E-state index contributed by atoms with van der Waals surface area (Å²) in [5.74, 6) is -0.160. The maximum atomic E-state index is 13.5. The molecule has 36 heavy (non-hydrogen) atoms. The Hall–Kier alpha value is -3.04. The van der Waals surface area contributed by atoms with Crippen molar-refractivity contribution in [2.24, 2.45) is 0 Å². The Morgan fingerprint density at radius 1 is 1.00 bits per heavy atom. The van der Waals surface area contributed by atoms with Crippen LogP contribution in [0.3, 0.4) is 0 Å². The molecule has 1 unspecified atom stereocenters. The number of fused-ring (bicyclic) bond motifs is 1. The zero-order valence-electron chi connectivity index (χ0n) is 22.0. The molecule has 0 aliphatic carbocycles. The van der Waals surface area contributed by atoms with Crippen LogP contribution in [0.5, 0.6) is 0 Å². The molecule has 4 rings (SSSR count). The van der Waals surface area contributed by atoms with E-state index in [9.17, 15) is 9.59 Å². The average Bonchev–Trinajstić information content (AvgIpc) is 3.25. The Morgan fingerprint density at radius 2 is 1.67 bits per heavy atom. The first kappa shape index (κ1) is 26.0. The molecule has 1 aliphatic heterocycles. The van der Waals surface area contributed by atoms with E-state index in [4.69, 9.17) is 0 Å². The summed E-state index contributed by atoms with van der Waals surface area (Å²) in [5.41, 5.74) is 2.56. The van der Waals surface area contributed by atoms with Gasteiger partial charge in [-0.15, -0.1) is 0 Å². The van der Waals surface area contributed by atoms with Crippen LogP contribution in [-0.4, -0.2) is 81.1 Å². The number of aromatic nitrogens is 4. The van der Waals surface area contributed by atoms with E-state index < -0.39 is 6.04 Å². The molecule has 9 nitrogen and oxygen atoms in total. The number of aryl methyl sites for hydroxylation is 2. The normalized spacial score (nSPS) is 15.9. The number of benzene rings is 1. The summed E-state index contributed by atoms with van der Waals surface area (Å²) in [6.07, 6.45) is 2.57. The van der Waals surface area contributed by atoms with Crippen molar-refractivity contribution in [1.82, 2.24) is 34.7 Å². The van der Waals surface area contributed by atoms with E-state index in [0.717, 1.165) is 50.5 Å². The maximum absolute atomic E-state index is 13.5. The van der Waals surface area contributed by atoms with E-state index in [1.807, 2.05) is 51.1 Å². The molecule has 0 bridgehead atoms. The van der Waals surface area contributed by atoms with E-state index in [1.165, 1.54) is 17.6 Å². The first-order valence-electron chi connectivity index (χ1n) is 13.2. The van der Waals surface area contributed by atoms with Gasteiger partial charge in [-0.25, -0.2) is 9.36 Å². The molecule has 3 aromatic rings. The molecule has 1 N–H and O–H groups in total. The highest BCUT2D eigenvalue weighted by Gasteiger charge is 2.25. The Kier molecular flexibility index (Phi) is 8.53. The van der Waals surface area contributed by atoms with Gasteiger partial charge < -0.3 is 15.1 Å². The molecular formula is C27H39N7O2. The van der Waals surface area contributed by atoms with Crippen molar-refractivity contribution in [1.29, 1.82) is 0 Å². The van der Waals surface area contributed by atoms with Gasteiger partial charge in [0.25, 0.3) is 5.56 Å². The highest BCUT2D eigenvalue weighted by Crippen LogP contribution is 2.21. The first-order chi connectivity index (χ1) is 17.4. The monoisotopic (exact) mass is 493 g/mol. The van der Waals surface area contributed by atoms with Crippen molar-refractivity contribution < 1.29 is 4.79 Å². The number of carbonyl (C=O) groups is 1. The van der Waals surface area contributed by atoms with Crippen LogP contribution in [0.1, 0.15) is 50.5 Å². The van der Waals surface area contributed by atoms with Crippen LogP contribution < -0.4 is 10.9 Å². The number of rotatable bonds is 10. The molecule has 2 aromatic heterocycles. The fourth-order valence-corrected chi connectivity index (χ4v) is 5.07. The van der Waals surface area contributed by atoms with Crippen LogP contribution in [0.15, 0.2) is 35.1 Å². The van der Waals surface area contributed by atoms with Gasteiger partial charge >= 0.3 is 0 Å². The fraction of sp³-hybridized carbons (Fsp3) is 0.556. The van der Waals surface area contributed by atoms with Crippen LogP contribution >= 0.6 is 0 Å². The number of piperazine rings is 1. The Labute approximate surface area is 213 Å². The highest BCUT2D eigenvalue weighted by molar-refractivity contribution is 5.84. The summed E-state index contributed by atoms with van der Waals surface area (Å²) in [7, 11) is 0. The number of carbonyl (C=O) groups excluding carboxylic acids is 1. The number of hydrogen-bond acceptors (Lipinski definition) is 6. The van der Waals surface area contributed by atoms with Gasteiger partial charge in [-0.1, -0.05) is 32.0 Å². The summed E-state index contributed by atoms with van der Waals surface area (Å²) < 4.78 is 3.12. The van der Waals surface area contributed by atoms with Crippen molar-refractivity contribution in [2.75, 3.05) is 45.8 Å². The van der Waals surface area contributed by atoms with Crippen molar-refractivity contribution in [3.05, 3.63) is 52.1 Å². The van der Waals surface area contributed by atoms with Gasteiger partial charge in [-0.2, -0.15) is 10.2 Å². The molecule has 1 amide bonds. The van der Waals surface area contributed by atoms with Gasteiger partial charge in [0.05, 0.1) is 22.5 Å². The van der Waals surface area contributed by atoms with Crippen molar-refractivity contribution in [2.45, 2.75) is 53.0 Å². The number of hydrogen-bond donors (Lipinski definition) is 1. The second kappa shape index (κ2) is 11.8. The number of nitrogens with zero attached hydrogens (tertiary/aromatic N) is 6. The van der Waals surface area contributed by atoms with Crippen molar-refractivity contribution in [3.8, 4) is 5.69 Å². The van der Waals surface area contributed by atoms with Gasteiger partial charge in [0.1, 0.15) is 11.6 Å². The summed E-state index contributed by atoms with van der Waals surface area (Å²) in [6, 6.07) is 9.07. The third-order valence-electron chi connectivity index (χ3n) is 7.08. The molecular weight excluding hydrogens is 454 g/mol. The molecule has 1 aromatic carbocycles. The van der Waals surface area contributed by atoms with Gasteiger partial charge in [0.15, 0.2) is 0 Å². The Morgan fingerprint density at radius 3 is 2.31 bits per heavy atom. The van der Waals surface area contributed by atoms with Crippen LogP contribution in [-0.2, 0) is 4.79 Å². The van der Waals surface area contributed by atoms with Crippen molar-refractivity contribution >= 4 is 16.8 Å². The minimum absolute atomic E-state index is 0.160. The lowest BCUT2D eigenvalue weighted by molar-refractivity contribution is -0.124. The van der Waals surface area contributed by atoms with Gasteiger partial charge in [-0.3, -0.25) is 9.59 Å². The van der Waals surface area contributed by atoms with Gasteiger partial charge in [0, 0.05) is 32.7 Å². The molecule has 3 heterocycles. The number of para-hydroxylation sites is 1. The minimum atomic E-state index is -0.655. The van der Waals surface area contributed by atoms with Gasteiger partial charge in [0.2, 0.25) is 5.91 Å².